The second kappa shape index (κ2) is 5.85. The summed E-state index contributed by atoms with van der Waals surface area (Å²) in [6.07, 6.45) is 1.82. The van der Waals surface area contributed by atoms with E-state index in [1.54, 1.807) is 26.0 Å². The summed E-state index contributed by atoms with van der Waals surface area (Å²) in [5.41, 5.74) is 0.923. The standard InChI is InChI=1S/C19H17FO2S/c1-19(2)18(21)16(12-7-5-4-6-8-12)17(22-19)13-9-10-15(23-3)14(20)11-13/h4-11H,1-3H3. The first-order valence-corrected chi connectivity index (χ1v) is 8.54. The summed E-state index contributed by atoms with van der Waals surface area (Å²) in [7, 11) is 0. The lowest BCUT2D eigenvalue weighted by molar-refractivity contribution is -0.125. The summed E-state index contributed by atoms with van der Waals surface area (Å²) < 4.78 is 20.0. The van der Waals surface area contributed by atoms with E-state index in [0.717, 1.165) is 5.56 Å². The summed E-state index contributed by atoms with van der Waals surface area (Å²) >= 11 is 1.35. The zero-order chi connectivity index (χ0) is 16.6. The normalized spacial score (nSPS) is 16.6. The molecule has 0 amide bonds. The minimum Gasteiger partial charge on any atom is -0.478 e. The molecule has 1 heterocycles. The number of carbonyl (C=O) groups excluding carboxylic acids is 1. The average Bonchev–Trinajstić information content (AvgIpc) is 2.78. The van der Waals surface area contributed by atoms with Crippen molar-refractivity contribution in [2.75, 3.05) is 6.26 Å². The third-order valence-corrected chi connectivity index (χ3v) is 4.61. The van der Waals surface area contributed by atoms with Crippen molar-refractivity contribution in [3.8, 4) is 0 Å². The molecule has 2 aromatic carbocycles. The molecule has 3 rings (SSSR count). The highest BCUT2D eigenvalue weighted by atomic mass is 32.2. The van der Waals surface area contributed by atoms with Crippen LogP contribution in [0.5, 0.6) is 0 Å². The van der Waals surface area contributed by atoms with Gasteiger partial charge < -0.3 is 4.74 Å². The fraction of sp³-hybridized carbons (Fsp3) is 0.211. The molecule has 0 N–H and O–H groups in total. The van der Waals surface area contributed by atoms with Crippen molar-refractivity contribution >= 4 is 28.9 Å². The molecule has 0 atom stereocenters. The third kappa shape index (κ3) is 2.79. The molecule has 1 aliphatic heterocycles. The van der Waals surface area contributed by atoms with Gasteiger partial charge in [0.15, 0.2) is 5.60 Å². The van der Waals surface area contributed by atoms with Crippen LogP contribution in [0.2, 0.25) is 0 Å². The number of Topliss-reactive ketones (excluding diaryl/α,β-unsaturated/α-hetero) is 1. The summed E-state index contributed by atoms with van der Waals surface area (Å²) in [5, 5.41) is 0. The van der Waals surface area contributed by atoms with Crippen LogP contribution in [0.3, 0.4) is 0 Å². The molecule has 1 aliphatic rings. The van der Waals surface area contributed by atoms with E-state index in [1.165, 1.54) is 17.8 Å². The molecule has 0 spiro atoms. The SMILES string of the molecule is CSc1ccc(C2=C(c3ccccc3)C(=O)C(C)(C)O2)cc1F. The highest BCUT2D eigenvalue weighted by Crippen LogP contribution is 2.41. The van der Waals surface area contributed by atoms with E-state index in [9.17, 15) is 9.18 Å². The van der Waals surface area contributed by atoms with Crippen LogP contribution in [0.4, 0.5) is 4.39 Å². The van der Waals surface area contributed by atoms with Gasteiger partial charge in [-0.1, -0.05) is 30.3 Å². The van der Waals surface area contributed by atoms with Gasteiger partial charge in [-0.2, -0.15) is 0 Å². The van der Waals surface area contributed by atoms with Gasteiger partial charge in [-0.25, -0.2) is 4.39 Å². The molecular formula is C19H17FO2S. The van der Waals surface area contributed by atoms with E-state index >= 15 is 0 Å². The Labute approximate surface area is 139 Å². The first-order valence-electron chi connectivity index (χ1n) is 7.31. The molecule has 0 bridgehead atoms. The molecule has 0 aromatic heterocycles. The van der Waals surface area contributed by atoms with Crippen LogP contribution < -0.4 is 0 Å². The quantitative estimate of drug-likeness (QED) is 0.758. The second-order valence-corrected chi connectivity index (χ2v) is 6.71. The molecule has 23 heavy (non-hydrogen) atoms. The fourth-order valence-electron chi connectivity index (χ4n) is 2.63. The number of hydrogen-bond acceptors (Lipinski definition) is 3. The number of ether oxygens (including phenoxy) is 1. The third-order valence-electron chi connectivity index (χ3n) is 3.83. The van der Waals surface area contributed by atoms with Crippen LogP contribution >= 0.6 is 11.8 Å². The zero-order valence-corrected chi connectivity index (χ0v) is 14.0. The van der Waals surface area contributed by atoms with Gasteiger partial charge in [0.05, 0.1) is 5.57 Å². The molecule has 118 valence electrons. The number of rotatable bonds is 3. The first-order chi connectivity index (χ1) is 10.9. The Balaban J connectivity index is 2.18. The Morgan fingerprint density at radius 2 is 1.74 bits per heavy atom. The second-order valence-electron chi connectivity index (χ2n) is 5.86. The van der Waals surface area contributed by atoms with Crippen molar-refractivity contribution in [1.82, 2.24) is 0 Å². The lowest BCUT2D eigenvalue weighted by Gasteiger charge is -2.18. The van der Waals surface area contributed by atoms with Gasteiger partial charge in [-0.3, -0.25) is 4.79 Å². The van der Waals surface area contributed by atoms with Crippen LogP contribution in [0.1, 0.15) is 25.0 Å². The van der Waals surface area contributed by atoms with E-state index in [0.29, 0.717) is 21.8 Å². The maximum absolute atomic E-state index is 14.1. The minimum absolute atomic E-state index is 0.0898. The van der Waals surface area contributed by atoms with Crippen LogP contribution in [-0.2, 0) is 9.53 Å². The molecule has 4 heteroatoms. The molecule has 0 unspecified atom stereocenters. The number of ketones is 1. The monoisotopic (exact) mass is 328 g/mol. The minimum atomic E-state index is -0.949. The van der Waals surface area contributed by atoms with Crippen LogP contribution in [0, 0.1) is 5.82 Å². The fourth-order valence-corrected chi connectivity index (χ4v) is 3.09. The number of carbonyl (C=O) groups is 1. The summed E-state index contributed by atoms with van der Waals surface area (Å²) in [4.78, 5) is 13.3. The van der Waals surface area contributed by atoms with E-state index < -0.39 is 5.60 Å². The largest absolute Gasteiger partial charge is 0.478 e. The van der Waals surface area contributed by atoms with Gasteiger partial charge in [-0.05, 0) is 43.9 Å². The van der Waals surface area contributed by atoms with Crippen LogP contribution in [-0.4, -0.2) is 17.6 Å². The number of hydrogen-bond donors (Lipinski definition) is 0. The molecule has 0 saturated heterocycles. The Bertz CT molecular complexity index is 794. The van der Waals surface area contributed by atoms with Gasteiger partial charge in [-0.15, -0.1) is 11.8 Å². The summed E-state index contributed by atoms with van der Waals surface area (Å²) in [6.45, 7) is 3.47. The average molecular weight is 328 g/mol. The van der Waals surface area contributed by atoms with Crippen molar-refractivity contribution in [3.05, 3.63) is 65.5 Å². The Kier molecular flexibility index (Phi) is 4.02. The highest BCUT2D eigenvalue weighted by molar-refractivity contribution is 7.98. The molecule has 0 radical (unpaired) electrons. The summed E-state index contributed by atoms with van der Waals surface area (Å²) in [5.74, 6) is 0.0430. The molecule has 2 nitrogen and oxygen atoms in total. The Morgan fingerprint density at radius 1 is 1.04 bits per heavy atom. The van der Waals surface area contributed by atoms with Crippen molar-refractivity contribution < 1.29 is 13.9 Å². The molecule has 0 saturated carbocycles. The van der Waals surface area contributed by atoms with Crippen LogP contribution in [0.15, 0.2) is 53.4 Å². The molecule has 0 fully saturated rings. The number of benzene rings is 2. The van der Waals surface area contributed by atoms with Gasteiger partial charge in [0.25, 0.3) is 0 Å². The molecule has 0 aliphatic carbocycles. The van der Waals surface area contributed by atoms with Gasteiger partial charge in [0, 0.05) is 10.5 Å². The van der Waals surface area contributed by atoms with Crippen molar-refractivity contribution in [2.24, 2.45) is 0 Å². The van der Waals surface area contributed by atoms with Gasteiger partial charge >= 0.3 is 0 Å². The number of thioether (sulfide) groups is 1. The van der Waals surface area contributed by atoms with Crippen molar-refractivity contribution in [2.45, 2.75) is 24.3 Å². The maximum Gasteiger partial charge on any atom is 0.210 e. The van der Waals surface area contributed by atoms with Gasteiger partial charge in [0.1, 0.15) is 11.6 Å². The number of halogens is 1. The zero-order valence-electron chi connectivity index (χ0n) is 13.2. The van der Waals surface area contributed by atoms with E-state index in [-0.39, 0.29) is 11.6 Å². The lowest BCUT2D eigenvalue weighted by Crippen LogP contribution is -2.29. The smallest absolute Gasteiger partial charge is 0.210 e. The highest BCUT2D eigenvalue weighted by Gasteiger charge is 2.42. The van der Waals surface area contributed by atoms with Crippen molar-refractivity contribution in [3.63, 3.8) is 0 Å². The van der Waals surface area contributed by atoms with E-state index in [1.807, 2.05) is 36.6 Å². The Hall–Kier alpha value is -2.07. The summed E-state index contributed by atoms with van der Waals surface area (Å²) in [6, 6.07) is 14.3. The predicted octanol–water partition coefficient (Wildman–Crippen LogP) is 4.79. The predicted molar refractivity (Wildman–Crippen MR) is 91.6 cm³/mol. The Morgan fingerprint density at radius 3 is 2.35 bits per heavy atom. The maximum atomic E-state index is 14.1. The molecular weight excluding hydrogens is 311 g/mol. The first kappa shape index (κ1) is 15.8. The van der Waals surface area contributed by atoms with E-state index in [4.69, 9.17) is 4.74 Å². The van der Waals surface area contributed by atoms with Gasteiger partial charge in [0.2, 0.25) is 5.78 Å². The topological polar surface area (TPSA) is 26.3 Å². The lowest BCUT2D eigenvalue weighted by atomic mass is 9.93. The van der Waals surface area contributed by atoms with Crippen molar-refractivity contribution in [1.29, 1.82) is 0 Å². The molecule has 2 aromatic rings. The van der Waals surface area contributed by atoms with Crippen LogP contribution in [0.25, 0.3) is 11.3 Å². The van der Waals surface area contributed by atoms with E-state index in [2.05, 4.69) is 0 Å².